The van der Waals surface area contributed by atoms with Gasteiger partial charge >= 0.3 is 0 Å². The second-order valence-electron chi connectivity index (χ2n) is 4.73. The van der Waals surface area contributed by atoms with Gasteiger partial charge < -0.3 is 20.3 Å². The first-order valence-corrected chi connectivity index (χ1v) is 6.08. The lowest BCUT2D eigenvalue weighted by Gasteiger charge is -2.41. The predicted octanol–water partition coefficient (Wildman–Crippen LogP) is 0.838. The summed E-state index contributed by atoms with van der Waals surface area (Å²) in [6.45, 7) is 0.531. The third-order valence-electron chi connectivity index (χ3n) is 3.64. The summed E-state index contributed by atoms with van der Waals surface area (Å²) in [4.78, 5) is 0. The van der Waals surface area contributed by atoms with E-state index in [4.69, 9.17) is 9.84 Å². The van der Waals surface area contributed by atoms with Crippen LogP contribution in [0.15, 0.2) is 18.2 Å². The first-order valence-electron chi connectivity index (χ1n) is 6.08. The zero-order valence-corrected chi connectivity index (χ0v) is 9.60. The number of ether oxygens (including phenoxy) is 1. The van der Waals surface area contributed by atoms with E-state index in [9.17, 15) is 5.11 Å². The maximum atomic E-state index is 9.83. The number of aliphatic hydroxyl groups excluding tert-OH is 2. The third kappa shape index (κ3) is 1.82. The Labute approximate surface area is 100 Å². The van der Waals surface area contributed by atoms with E-state index < -0.39 is 6.10 Å². The molecular formula is C13H17NO3. The van der Waals surface area contributed by atoms with E-state index in [0.717, 1.165) is 23.2 Å². The van der Waals surface area contributed by atoms with Gasteiger partial charge in [-0.25, -0.2) is 0 Å². The van der Waals surface area contributed by atoms with Crippen LogP contribution in [-0.4, -0.2) is 35.6 Å². The number of hydrogen-bond acceptors (Lipinski definition) is 4. The Kier molecular flexibility index (Phi) is 2.78. The van der Waals surface area contributed by atoms with Crippen molar-refractivity contribution in [2.45, 2.75) is 31.1 Å². The van der Waals surface area contributed by atoms with Gasteiger partial charge in [-0.05, 0) is 12.0 Å². The van der Waals surface area contributed by atoms with Crippen molar-refractivity contribution in [3.8, 4) is 0 Å². The molecule has 1 aromatic carbocycles. The molecule has 0 spiro atoms. The normalized spacial score (nSPS) is 30.6. The van der Waals surface area contributed by atoms with Crippen molar-refractivity contribution < 1.29 is 14.9 Å². The fourth-order valence-corrected chi connectivity index (χ4v) is 2.74. The van der Waals surface area contributed by atoms with Crippen LogP contribution in [-0.2, 0) is 11.2 Å². The molecule has 3 N–H and O–H groups in total. The summed E-state index contributed by atoms with van der Waals surface area (Å²) in [7, 11) is 0. The quantitative estimate of drug-likeness (QED) is 0.711. The van der Waals surface area contributed by atoms with Gasteiger partial charge in [-0.2, -0.15) is 0 Å². The zero-order chi connectivity index (χ0) is 11.8. The lowest BCUT2D eigenvalue weighted by Crippen LogP contribution is -2.46. The molecule has 1 fully saturated rings. The van der Waals surface area contributed by atoms with E-state index in [1.54, 1.807) is 0 Å². The maximum Gasteiger partial charge on any atom is 0.0975 e. The van der Waals surface area contributed by atoms with E-state index in [1.807, 2.05) is 12.1 Å². The summed E-state index contributed by atoms with van der Waals surface area (Å²) in [5.74, 6) is 0. The summed E-state index contributed by atoms with van der Waals surface area (Å²) < 4.78 is 5.67. The van der Waals surface area contributed by atoms with Gasteiger partial charge in [0.2, 0.25) is 0 Å². The molecule has 0 radical (unpaired) electrons. The highest BCUT2D eigenvalue weighted by molar-refractivity contribution is 5.61. The molecular weight excluding hydrogens is 218 g/mol. The van der Waals surface area contributed by atoms with Crippen LogP contribution < -0.4 is 5.32 Å². The van der Waals surface area contributed by atoms with E-state index in [1.165, 1.54) is 0 Å². The van der Waals surface area contributed by atoms with Crippen molar-refractivity contribution >= 4 is 5.69 Å². The fraction of sp³-hybridized carbons (Fsp3) is 0.538. The number of anilines is 1. The average molecular weight is 235 g/mol. The number of para-hydroxylation sites is 1. The van der Waals surface area contributed by atoms with E-state index in [-0.39, 0.29) is 18.8 Å². The summed E-state index contributed by atoms with van der Waals surface area (Å²) >= 11 is 0. The molecule has 2 heterocycles. The number of benzene rings is 1. The Morgan fingerprint density at radius 2 is 2.29 bits per heavy atom. The smallest absolute Gasteiger partial charge is 0.0975 e. The summed E-state index contributed by atoms with van der Waals surface area (Å²) in [6, 6.07) is 6.14. The fourth-order valence-electron chi connectivity index (χ4n) is 2.74. The van der Waals surface area contributed by atoms with Crippen molar-refractivity contribution in [1.29, 1.82) is 0 Å². The van der Waals surface area contributed by atoms with Crippen LogP contribution in [0.3, 0.4) is 0 Å². The maximum absolute atomic E-state index is 9.83. The molecule has 2 aliphatic rings. The SMILES string of the molecule is OCCc1cccc2c1N[C@H]1C[C@@H]2OC[C@H]1O. The standard InChI is InChI=1S/C13H17NO3/c15-5-4-8-2-1-3-9-12-6-10(14-13(8)9)11(16)7-17-12/h1-3,10-12,14-16H,4-7H2/t10-,11+,12-/m0/s1. The predicted molar refractivity (Wildman–Crippen MR) is 64.0 cm³/mol. The van der Waals surface area contributed by atoms with Gasteiger partial charge in [-0.1, -0.05) is 18.2 Å². The summed E-state index contributed by atoms with van der Waals surface area (Å²) in [5, 5.41) is 22.3. The highest BCUT2D eigenvalue weighted by Crippen LogP contribution is 2.40. The summed E-state index contributed by atoms with van der Waals surface area (Å²) in [6.07, 6.45) is 1.09. The van der Waals surface area contributed by atoms with Gasteiger partial charge in [0.25, 0.3) is 0 Å². The van der Waals surface area contributed by atoms with Gasteiger partial charge in [0, 0.05) is 24.3 Å². The molecule has 4 nitrogen and oxygen atoms in total. The van der Waals surface area contributed by atoms with Crippen molar-refractivity contribution in [2.24, 2.45) is 0 Å². The highest BCUT2D eigenvalue weighted by atomic mass is 16.5. The molecule has 0 aromatic heterocycles. The number of nitrogens with one attached hydrogen (secondary N) is 1. The summed E-state index contributed by atoms with van der Waals surface area (Å²) in [5.41, 5.74) is 3.29. The molecule has 17 heavy (non-hydrogen) atoms. The second-order valence-corrected chi connectivity index (χ2v) is 4.73. The van der Waals surface area contributed by atoms with Crippen molar-refractivity contribution in [3.63, 3.8) is 0 Å². The van der Waals surface area contributed by atoms with Crippen molar-refractivity contribution in [1.82, 2.24) is 0 Å². The van der Waals surface area contributed by atoms with Gasteiger partial charge in [-0.15, -0.1) is 0 Å². The minimum Gasteiger partial charge on any atom is -0.396 e. The van der Waals surface area contributed by atoms with Gasteiger partial charge in [0.1, 0.15) is 0 Å². The topological polar surface area (TPSA) is 61.7 Å². The number of hydrogen-bond donors (Lipinski definition) is 3. The number of fused-ring (bicyclic) bond motifs is 4. The molecule has 1 aromatic rings. The minimum atomic E-state index is -0.443. The first kappa shape index (κ1) is 11.0. The molecule has 0 amide bonds. The molecule has 92 valence electrons. The number of aliphatic hydroxyl groups is 2. The lowest BCUT2D eigenvalue weighted by atomic mass is 9.88. The molecule has 2 bridgehead atoms. The Morgan fingerprint density at radius 1 is 1.41 bits per heavy atom. The largest absolute Gasteiger partial charge is 0.396 e. The Hall–Kier alpha value is -1.10. The first-order chi connectivity index (χ1) is 8.29. The van der Waals surface area contributed by atoms with E-state index >= 15 is 0 Å². The molecule has 2 aliphatic heterocycles. The van der Waals surface area contributed by atoms with Crippen molar-refractivity contribution in [3.05, 3.63) is 29.3 Å². The van der Waals surface area contributed by atoms with Crippen LogP contribution in [0.2, 0.25) is 0 Å². The lowest BCUT2D eigenvalue weighted by molar-refractivity contribution is -0.0672. The Bertz CT molecular complexity index is 421. The van der Waals surface area contributed by atoms with Gasteiger partial charge in [-0.3, -0.25) is 0 Å². The van der Waals surface area contributed by atoms with E-state index in [0.29, 0.717) is 13.0 Å². The van der Waals surface area contributed by atoms with Crippen LogP contribution in [0.1, 0.15) is 23.7 Å². The molecule has 0 unspecified atom stereocenters. The molecule has 3 atom stereocenters. The number of rotatable bonds is 2. The molecule has 3 rings (SSSR count). The van der Waals surface area contributed by atoms with Gasteiger partial charge in [0.05, 0.1) is 24.9 Å². The van der Waals surface area contributed by atoms with Crippen LogP contribution in [0, 0.1) is 0 Å². The van der Waals surface area contributed by atoms with Crippen LogP contribution >= 0.6 is 0 Å². The Morgan fingerprint density at radius 3 is 3.12 bits per heavy atom. The highest BCUT2D eigenvalue weighted by Gasteiger charge is 2.36. The zero-order valence-electron chi connectivity index (χ0n) is 9.60. The molecule has 4 heteroatoms. The van der Waals surface area contributed by atoms with Gasteiger partial charge in [0.15, 0.2) is 0 Å². The minimum absolute atomic E-state index is 0.0705. The average Bonchev–Trinajstić information content (AvgIpc) is 2.35. The van der Waals surface area contributed by atoms with Crippen LogP contribution in [0.5, 0.6) is 0 Å². The molecule has 1 saturated heterocycles. The third-order valence-corrected chi connectivity index (χ3v) is 3.64. The second kappa shape index (κ2) is 4.29. The van der Waals surface area contributed by atoms with Crippen LogP contribution in [0.25, 0.3) is 0 Å². The van der Waals surface area contributed by atoms with E-state index in [2.05, 4.69) is 11.4 Å². The molecule has 0 aliphatic carbocycles. The van der Waals surface area contributed by atoms with Crippen LogP contribution in [0.4, 0.5) is 5.69 Å². The monoisotopic (exact) mass is 235 g/mol. The van der Waals surface area contributed by atoms with Crippen molar-refractivity contribution in [2.75, 3.05) is 18.5 Å². The molecule has 0 saturated carbocycles. The Balaban J connectivity index is 2.00.